The third-order valence-electron chi connectivity index (χ3n) is 3.49. The number of rotatable bonds is 4. The smallest absolute Gasteiger partial charge is 0.128 e. The van der Waals surface area contributed by atoms with Gasteiger partial charge in [0.15, 0.2) is 0 Å². The lowest BCUT2D eigenvalue weighted by Gasteiger charge is -2.18. The van der Waals surface area contributed by atoms with Gasteiger partial charge in [-0.15, -0.1) is 11.6 Å². The van der Waals surface area contributed by atoms with Gasteiger partial charge in [0.2, 0.25) is 0 Å². The molecule has 0 saturated carbocycles. The summed E-state index contributed by atoms with van der Waals surface area (Å²) in [5, 5.41) is 4.14. The molecule has 1 aromatic carbocycles. The van der Waals surface area contributed by atoms with Crippen molar-refractivity contribution in [2.24, 2.45) is 0 Å². The van der Waals surface area contributed by atoms with Crippen LogP contribution in [0.25, 0.3) is 11.0 Å². The molecule has 0 saturated heterocycles. The van der Waals surface area contributed by atoms with Crippen molar-refractivity contribution >= 4 is 38.6 Å². The molecule has 0 aliphatic rings. The number of hydrogen-bond donors (Lipinski definition) is 0. The van der Waals surface area contributed by atoms with Crippen molar-refractivity contribution < 1.29 is 0 Å². The highest BCUT2D eigenvalue weighted by Gasteiger charge is 2.19. The van der Waals surface area contributed by atoms with Crippen molar-refractivity contribution in [2.75, 3.05) is 0 Å². The van der Waals surface area contributed by atoms with Gasteiger partial charge in [0.1, 0.15) is 5.82 Å². The molecule has 2 unspecified atom stereocenters. The third kappa shape index (κ3) is 2.85. The van der Waals surface area contributed by atoms with Gasteiger partial charge in [0.05, 0.1) is 29.0 Å². The van der Waals surface area contributed by atoms with Gasteiger partial charge in [-0.05, 0) is 38.1 Å². The van der Waals surface area contributed by atoms with Gasteiger partial charge in [0.25, 0.3) is 0 Å². The number of alkyl halides is 1. The zero-order chi connectivity index (χ0) is 15.0. The zero-order valence-electron chi connectivity index (χ0n) is 11.9. The van der Waals surface area contributed by atoms with Crippen LogP contribution in [0, 0.1) is 0 Å². The number of nitrogens with zero attached hydrogens (tertiary/aromatic N) is 4. The summed E-state index contributed by atoms with van der Waals surface area (Å²) < 4.78 is 5.17. The average Bonchev–Trinajstić information content (AvgIpc) is 3.04. The van der Waals surface area contributed by atoms with E-state index in [4.69, 9.17) is 11.6 Å². The van der Waals surface area contributed by atoms with E-state index in [2.05, 4.69) is 43.6 Å². The molecular formula is C15H16BrClN4. The van der Waals surface area contributed by atoms with E-state index in [0.29, 0.717) is 0 Å². The van der Waals surface area contributed by atoms with Crippen LogP contribution in [0.1, 0.15) is 31.1 Å². The first kappa shape index (κ1) is 14.6. The first-order valence-corrected chi connectivity index (χ1v) is 8.08. The molecule has 0 radical (unpaired) electrons. The SMILES string of the molecule is CC(Cl)c1nc2ccc(Br)cc2n1C(C)Cn1cccn1. The fourth-order valence-electron chi connectivity index (χ4n) is 2.59. The minimum atomic E-state index is -0.142. The Morgan fingerprint density at radius 1 is 1.33 bits per heavy atom. The predicted molar refractivity (Wildman–Crippen MR) is 88.6 cm³/mol. The Labute approximate surface area is 136 Å². The summed E-state index contributed by atoms with van der Waals surface area (Å²) in [5.41, 5.74) is 2.06. The first-order chi connectivity index (χ1) is 10.1. The van der Waals surface area contributed by atoms with Crippen LogP contribution < -0.4 is 0 Å². The number of aromatic nitrogens is 4. The Balaban J connectivity index is 2.09. The lowest BCUT2D eigenvalue weighted by atomic mass is 10.2. The molecule has 0 aliphatic heterocycles. The minimum Gasteiger partial charge on any atom is -0.322 e. The second-order valence-electron chi connectivity index (χ2n) is 5.17. The lowest BCUT2D eigenvalue weighted by Crippen LogP contribution is -2.16. The van der Waals surface area contributed by atoms with E-state index in [1.54, 1.807) is 6.20 Å². The van der Waals surface area contributed by atoms with E-state index in [1.165, 1.54) is 0 Å². The van der Waals surface area contributed by atoms with E-state index < -0.39 is 0 Å². The molecular weight excluding hydrogens is 352 g/mol. The van der Waals surface area contributed by atoms with Crippen LogP contribution in [0.2, 0.25) is 0 Å². The summed E-state index contributed by atoms with van der Waals surface area (Å²) in [6.07, 6.45) is 3.76. The van der Waals surface area contributed by atoms with Gasteiger partial charge in [0, 0.05) is 16.9 Å². The van der Waals surface area contributed by atoms with Crippen molar-refractivity contribution in [1.29, 1.82) is 0 Å². The Hall–Kier alpha value is -1.33. The standard InChI is InChI=1S/C15H16BrClN4/c1-10(9-20-7-3-6-18-20)21-14-8-12(16)4-5-13(14)19-15(21)11(2)17/h3-8,10-11H,9H2,1-2H3. The normalized spacial score (nSPS) is 14.5. The molecule has 0 N–H and O–H groups in total. The summed E-state index contributed by atoms with van der Waals surface area (Å²) in [4.78, 5) is 4.68. The average molecular weight is 368 g/mol. The minimum absolute atomic E-state index is 0.142. The van der Waals surface area contributed by atoms with Crippen molar-refractivity contribution in [3.63, 3.8) is 0 Å². The number of benzene rings is 1. The van der Waals surface area contributed by atoms with Gasteiger partial charge in [-0.3, -0.25) is 4.68 Å². The molecule has 110 valence electrons. The largest absolute Gasteiger partial charge is 0.322 e. The molecule has 0 bridgehead atoms. The van der Waals surface area contributed by atoms with E-state index in [0.717, 1.165) is 27.9 Å². The molecule has 2 heterocycles. The summed E-state index contributed by atoms with van der Waals surface area (Å²) in [5.74, 6) is 0.893. The molecule has 0 aliphatic carbocycles. The summed E-state index contributed by atoms with van der Waals surface area (Å²) in [7, 11) is 0. The quantitative estimate of drug-likeness (QED) is 0.634. The van der Waals surface area contributed by atoms with Crippen molar-refractivity contribution in [3.05, 3.63) is 47.0 Å². The fourth-order valence-corrected chi connectivity index (χ4v) is 3.09. The van der Waals surface area contributed by atoms with Crippen LogP contribution in [0.15, 0.2) is 41.1 Å². The number of fused-ring (bicyclic) bond motifs is 1. The van der Waals surface area contributed by atoms with Crippen LogP contribution >= 0.6 is 27.5 Å². The highest BCUT2D eigenvalue weighted by molar-refractivity contribution is 9.10. The monoisotopic (exact) mass is 366 g/mol. The van der Waals surface area contributed by atoms with Crippen molar-refractivity contribution in [3.8, 4) is 0 Å². The molecule has 21 heavy (non-hydrogen) atoms. The second kappa shape index (κ2) is 5.81. The van der Waals surface area contributed by atoms with E-state index in [9.17, 15) is 0 Å². The molecule has 0 spiro atoms. The Kier molecular flexibility index (Phi) is 4.04. The van der Waals surface area contributed by atoms with E-state index in [-0.39, 0.29) is 11.4 Å². The Morgan fingerprint density at radius 3 is 2.81 bits per heavy atom. The maximum atomic E-state index is 6.33. The molecule has 0 fully saturated rings. The van der Waals surface area contributed by atoms with Crippen LogP contribution in [0.3, 0.4) is 0 Å². The van der Waals surface area contributed by atoms with Gasteiger partial charge in [-0.25, -0.2) is 4.98 Å². The van der Waals surface area contributed by atoms with Crippen LogP contribution in [-0.2, 0) is 6.54 Å². The Morgan fingerprint density at radius 2 is 2.14 bits per heavy atom. The highest BCUT2D eigenvalue weighted by atomic mass is 79.9. The van der Waals surface area contributed by atoms with Crippen molar-refractivity contribution in [2.45, 2.75) is 31.8 Å². The molecule has 2 atom stereocenters. The topological polar surface area (TPSA) is 35.6 Å². The number of hydrogen-bond acceptors (Lipinski definition) is 2. The molecule has 6 heteroatoms. The maximum absolute atomic E-state index is 6.33. The molecule has 0 amide bonds. The summed E-state index contributed by atoms with van der Waals surface area (Å²) >= 11 is 9.86. The Bertz CT molecular complexity index is 748. The lowest BCUT2D eigenvalue weighted by molar-refractivity contribution is 0.434. The van der Waals surface area contributed by atoms with Crippen LogP contribution in [0.5, 0.6) is 0 Å². The maximum Gasteiger partial charge on any atom is 0.128 e. The number of halogens is 2. The van der Waals surface area contributed by atoms with Gasteiger partial charge in [-0.2, -0.15) is 5.10 Å². The van der Waals surface area contributed by atoms with Gasteiger partial charge >= 0.3 is 0 Å². The predicted octanol–water partition coefficient (Wildman–Crippen LogP) is 4.56. The summed E-state index contributed by atoms with van der Waals surface area (Å²) in [6.45, 7) is 4.89. The zero-order valence-corrected chi connectivity index (χ0v) is 14.2. The van der Waals surface area contributed by atoms with Crippen LogP contribution in [0.4, 0.5) is 0 Å². The fraction of sp³-hybridized carbons (Fsp3) is 0.333. The molecule has 2 aromatic heterocycles. The van der Waals surface area contributed by atoms with Crippen LogP contribution in [-0.4, -0.2) is 19.3 Å². The highest BCUT2D eigenvalue weighted by Crippen LogP contribution is 2.30. The van der Waals surface area contributed by atoms with Crippen molar-refractivity contribution in [1.82, 2.24) is 19.3 Å². The molecule has 4 nitrogen and oxygen atoms in total. The second-order valence-corrected chi connectivity index (χ2v) is 6.74. The molecule has 3 aromatic rings. The van der Waals surface area contributed by atoms with E-state index in [1.807, 2.05) is 36.0 Å². The van der Waals surface area contributed by atoms with Gasteiger partial charge in [-0.1, -0.05) is 15.9 Å². The third-order valence-corrected chi connectivity index (χ3v) is 4.17. The first-order valence-electron chi connectivity index (χ1n) is 6.85. The van der Waals surface area contributed by atoms with Gasteiger partial charge < -0.3 is 4.57 Å². The summed E-state index contributed by atoms with van der Waals surface area (Å²) in [6, 6.07) is 8.24. The molecule has 3 rings (SSSR count). The van der Waals surface area contributed by atoms with E-state index >= 15 is 0 Å². The number of imidazole rings is 1.